The highest BCUT2D eigenvalue weighted by Gasteiger charge is 2.43. The predicted octanol–water partition coefficient (Wildman–Crippen LogP) is 3.54. The summed E-state index contributed by atoms with van der Waals surface area (Å²) in [6, 6.07) is 5.81. The molecule has 0 saturated heterocycles. The molecule has 0 aromatic heterocycles. The number of amides is 1. The summed E-state index contributed by atoms with van der Waals surface area (Å²) in [5.41, 5.74) is 7.01. The van der Waals surface area contributed by atoms with Gasteiger partial charge in [0.2, 0.25) is 5.91 Å². The van der Waals surface area contributed by atoms with Crippen molar-refractivity contribution in [1.82, 2.24) is 0 Å². The summed E-state index contributed by atoms with van der Waals surface area (Å²) in [4.78, 5) is 12.8. The Morgan fingerprint density at radius 1 is 1.37 bits per heavy atom. The lowest BCUT2D eigenvalue weighted by atomic mass is 9.85. The Morgan fingerprint density at radius 3 is 2.53 bits per heavy atom. The molecule has 0 unspecified atom stereocenters. The molecule has 1 aromatic rings. The number of carbonyl (C=O) groups excluding carboxylic acids is 1. The Labute approximate surface area is 127 Å². The summed E-state index contributed by atoms with van der Waals surface area (Å²) in [5.74, 6) is -0.0741. The van der Waals surface area contributed by atoms with Crippen LogP contribution in [0.1, 0.15) is 31.2 Å². The van der Waals surface area contributed by atoms with Gasteiger partial charge in [-0.15, -0.1) is 0 Å². The molecule has 5 heteroatoms. The number of hydrogen-bond donors (Lipinski definition) is 2. The average Bonchev–Trinajstić information content (AvgIpc) is 2.77. The molecule has 0 bridgehead atoms. The summed E-state index contributed by atoms with van der Waals surface area (Å²) in [7, 11) is 0. The van der Waals surface area contributed by atoms with Gasteiger partial charge in [-0.1, -0.05) is 41.0 Å². The third-order valence-corrected chi connectivity index (χ3v) is 4.51. The maximum Gasteiger partial charge on any atom is 0.237 e. The van der Waals surface area contributed by atoms with Crippen molar-refractivity contribution >= 4 is 44.7 Å². The second-order valence-corrected chi connectivity index (χ2v) is 6.48. The van der Waals surface area contributed by atoms with E-state index >= 15 is 0 Å². The number of halogens is 1. The molecule has 1 saturated carbocycles. The number of hydrogen-bond acceptors (Lipinski definition) is 2. The predicted molar refractivity (Wildman–Crippen MR) is 85.2 cm³/mol. The molecule has 102 valence electrons. The number of benzene rings is 1. The van der Waals surface area contributed by atoms with Gasteiger partial charge in [0.1, 0.15) is 0 Å². The zero-order valence-corrected chi connectivity index (χ0v) is 13.2. The van der Waals surface area contributed by atoms with E-state index in [4.69, 9.17) is 18.0 Å². The van der Waals surface area contributed by atoms with Crippen molar-refractivity contribution in [3.63, 3.8) is 0 Å². The summed E-state index contributed by atoms with van der Waals surface area (Å²) in [5, 5.41) is 2.95. The molecule has 1 fully saturated rings. The van der Waals surface area contributed by atoms with Crippen LogP contribution in [-0.4, -0.2) is 10.9 Å². The molecule has 2 rings (SSSR count). The highest BCUT2D eigenvalue weighted by atomic mass is 79.9. The van der Waals surface area contributed by atoms with E-state index < -0.39 is 5.41 Å². The minimum absolute atomic E-state index is 0.0741. The Morgan fingerprint density at radius 2 is 2.00 bits per heavy atom. The molecule has 0 aliphatic heterocycles. The van der Waals surface area contributed by atoms with Gasteiger partial charge in [-0.2, -0.15) is 0 Å². The Balaban J connectivity index is 2.22. The second-order valence-electron chi connectivity index (χ2n) is 5.12. The molecular weight excluding hydrogens is 324 g/mol. The molecule has 3 nitrogen and oxygen atoms in total. The van der Waals surface area contributed by atoms with Gasteiger partial charge in [0.05, 0.1) is 10.4 Å². The molecule has 1 aromatic carbocycles. The molecule has 1 aliphatic carbocycles. The van der Waals surface area contributed by atoms with Gasteiger partial charge < -0.3 is 11.1 Å². The normalized spacial score (nSPS) is 17.2. The van der Waals surface area contributed by atoms with Crippen LogP contribution in [0.15, 0.2) is 22.7 Å². The maximum absolute atomic E-state index is 12.5. The van der Waals surface area contributed by atoms with Crippen molar-refractivity contribution in [3.8, 4) is 0 Å². The number of anilines is 1. The maximum atomic E-state index is 12.5. The third-order valence-electron chi connectivity index (χ3n) is 3.66. The van der Waals surface area contributed by atoms with Crippen LogP contribution in [0.5, 0.6) is 0 Å². The second kappa shape index (κ2) is 5.59. The minimum atomic E-state index is -0.661. The topological polar surface area (TPSA) is 55.1 Å². The number of thiocarbonyl (C=S) groups is 1. The molecule has 3 N–H and O–H groups in total. The van der Waals surface area contributed by atoms with Crippen molar-refractivity contribution in [2.45, 2.75) is 32.6 Å². The third kappa shape index (κ3) is 2.98. The standard InChI is InChI=1S/C14H17BrN2OS/c1-9-6-10(15)8-11(7-9)17-13(18)14(12(16)19)4-2-3-5-14/h6-8H,2-5H2,1H3,(H2,16,19)(H,17,18). The van der Waals surface area contributed by atoms with Crippen LogP contribution >= 0.6 is 28.1 Å². The van der Waals surface area contributed by atoms with Crippen molar-refractivity contribution < 1.29 is 4.79 Å². The van der Waals surface area contributed by atoms with E-state index in [9.17, 15) is 4.79 Å². The van der Waals surface area contributed by atoms with E-state index in [1.165, 1.54) is 0 Å². The number of carbonyl (C=O) groups is 1. The Bertz CT molecular complexity index is 504. The van der Waals surface area contributed by atoms with Crippen LogP contribution < -0.4 is 11.1 Å². The number of nitrogens with one attached hydrogen (secondary N) is 1. The smallest absolute Gasteiger partial charge is 0.237 e. The van der Waals surface area contributed by atoms with E-state index in [2.05, 4.69) is 21.2 Å². The van der Waals surface area contributed by atoms with E-state index in [0.29, 0.717) is 4.99 Å². The summed E-state index contributed by atoms with van der Waals surface area (Å²) >= 11 is 8.55. The largest absolute Gasteiger partial charge is 0.392 e. The summed E-state index contributed by atoms with van der Waals surface area (Å²) in [6.07, 6.45) is 3.51. The van der Waals surface area contributed by atoms with Crippen molar-refractivity contribution in [3.05, 3.63) is 28.2 Å². The van der Waals surface area contributed by atoms with Gasteiger partial charge in [-0.3, -0.25) is 4.79 Å². The fourth-order valence-corrected chi connectivity index (χ4v) is 3.53. The molecule has 0 radical (unpaired) electrons. The van der Waals surface area contributed by atoms with E-state index in [-0.39, 0.29) is 5.91 Å². The van der Waals surface area contributed by atoms with Crippen LogP contribution in [0.3, 0.4) is 0 Å². The van der Waals surface area contributed by atoms with Crippen LogP contribution in [0, 0.1) is 12.3 Å². The van der Waals surface area contributed by atoms with Gasteiger partial charge >= 0.3 is 0 Å². The van der Waals surface area contributed by atoms with Crippen LogP contribution in [-0.2, 0) is 4.79 Å². The molecule has 0 heterocycles. The number of rotatable bonds is 3. The van der Waals surface area contributed by atoms with E-state index in [1.807, 2.05) is 25.1 Å². The zero-order chi connectivity index (χ0) is 14.0. The SMILES string of the molecule is Cc1cc(Br)cc(NC(=O)C2(C(N)=S)CCCC2)c1. The highest BCUT2D eigenvalue weighted by Crippen LogP contribution is 2.39. The highest BCUT2D eigenvalue weighted by molar-refractivity contribution is 9.10. The van der Waals surface area contributed by atoms with Gasteiger partial charge in [0, 0.05) is 10.2 Å². The lowest BCUT2D eigenvalue weighted by Gasteiger charge is -2.26. The summed E-state index contributed by atoms with van der Waals surface area (Å²) < 4.78 is 0.943. The lowest BCUT2D eigenvalue weighted by Crippen LogP contribution is -2.43. The minimum Gasteiger partial charge on any atom is -0.392 e. The molecular formula is C14H17BrN2OS. The monoisotopic (exact) mass is 340 g/mol. The van der Waals surface area contributed by atoms with E-state index in [1.54, 1.807) is 0 Å². The van der Waals surface area contributed by atoms with Crippen LogP contribution in [0.4, 0.5) is 5.69 Å². The average molecular weight is 341 g/mol. The Kier molecular flexibility index (Phi) is 4.26. The first-order valence-corrected chi connectivity index (χ1v) is 7.53. The van der Waals surface area contributed by atoms with Crippen LogP contribution in [0.25, 0.3) is 0 Å². The molecule has 1 aliphatic rings. The van der Waals surface area contributed by atoms with Crippen LogP contribution in [0.2, 0.25) is 0 Å². The van der Waals surface area contributed by atoms with Crippen molar-refractivity contribution in [2.75, 3.05) is 5.32 Å². The Hall–Kier alpha value is -0.940. The van der Waals surface area contributed by atoms with Crippen molar-refractivity contribution in [2.24, 2.45) is 11.1 Å². The van der Waals surface area contributed by atoms with Gasteiger partial charge in [-0.05, 0) is 43.5 Å². The molecule has 0 atom stereocenters. The van der Waals surface area contributed by atoms with Gasteiger partial charge in [0.25, 0.3) is 0 Å². The fourth-order valence-electron chi connectivity index (χ4n) is 2.62. The molecule has 19 heavy (non-hydrogen) atoms. The molecule has 0 spiro atoms. The first kappa shape index (κ1) is 14.5. The zero-order valence-electron chi connectivity index (χ0n) is 10.8. The summed E-state index contributed by atoms with van der Waals surface area (Å²) in [6.45, 7) is 1.99. The number of nitrogens with two attached hydrogens (primary N) is 1. The molecule has 1 amide bonds. The van der Waals surface area contributed by atoms with Gasteiger partial charge in [-0.25, -0.2) is 0 Å². The first-order chi connectivity index (χ1) is 8.94. The van der Waals surface area contributed by atoms with Gasteiger partial charge in [0.15, 0.2) is 0 Å². The lowest BCUT2D eigenvalue weighted by molar-refractivity contribution is -0.122. The van der Waals surface area contributed by atoms with Crippen molar-refractivity contribution in [1.29, 1.82) is 0 Å². The fraction of sp³-hybridized carbons (Fsp3) is 0.429. The first-order valence-electron chi connectivity index (χ1n) is 6.33. The quantitative estimate of drug-likeness (QED) is 0.827. The number of aryl methyl sites for hydroxylation is 1. The van der Waals surface area contributed by atoms with E-state index in [0.717, 1.165) is 41.4 Å².